The van der Waals surface area contributed by atoms with E-state index in [4.69, 9.17) is 39.5 Å². The number of hydrogen-bond acceptors (Lipinski definition) is 3. The highest BCUT2D eigenvalue weighted by Crippen LogP contribution is 2.28. The first-order chi connectivity index (χ1) is 14.5. The molecule has 0 aliphatic heterocycles. The van der Waals surface area contributed by atoms with Gasteiger partial charge in [-0.3, -0.25) is 4.79 Å². The molecule has 30 heavy (non-hydrogen) atoms. The molecule has 0 radical (unpaired) electrons. The highest BCUT2D eigenvalue weighted by atomic mass is 35.5. The van der Waals surface area contributed by atoms with Crippen LogP contribution in [0.5, 0.6) is 5.75 Å². The molecule has 150 valence electrons. The molecule has 3 aromatic carbocycles. The number of amides is 1. The molecule has 0 fully saturated rings. The summed E-state index contributed by atoms with van der Waals surface area (Å²) < 4.78 is 5.51. The van der Waals surface area contributed by atoms with Crippen molar-refractivity contribution >= 4 is 58.0 Å². The maximum atomic E-state index is 12.1. The lowest BCUT2D eigenvalue weighted by molar-refractivity contribution is -0.118. The number of hydrogen-bond donors (Lipinski definition) is 1. The average Bonchev–Trinajstić information content (AvgIpc) is 2.74. The molecule has 1 N–H and O–H groups in total. The minimum atomic E-state index is -0.371. The zero-order chi connectivity index (χ0) is 21.5. The first-order valence-electron chi connectivity index (χ1n) is 8.81. The minimum absolute atomic E-state index is 0.234. The number of carbonyl (C=O) groups excluding carboxylic acids is 1. The van der Waals surface area contributed by atoms with Crippen LogP contribution < -0.4 is 10.1 Å². The second kappa shape index (κ2) is 10.2. The standard InChI is InChI=1S/C23H15Cl3N2O2/c24-19-8-7-18(12-20(19)25)28-23(29)14-30-22-9-6-15(11-21(22)26)10-17(13-27)16-4-2-1-3-5-16/h1-12H,14H2,(H,28,29)/b17-10+. The quantitative estimate of drug-likeness (QED) is 0.330. The molecule has 0 saturated carbocycles. The molecule has 0 aliphatic rings. The van der Waals surface area contributed by atoms with E-state index in [0.29, 0.717) is 32.1 Å². The van der Waals surface area contributed by atoms with Crippen molar-refractivity contribution in [1.82, 2.24) is 0 Å². The Morgan fingerprint density at radius 2 is 1.73 bits per heavy atom. The van der Waals surface area contributed by atoms with Gasteiger partial charge in [0, 0.05) is 5.69 Å². The van der Waals surface area contributed by atoms with Crippen LogP contribution in [0.4, 0.5) is 5.69 Å². The Morgan fingerprint density at radius 3 is 2.40 bits per heavy atom. The lowest BCUT2D eigenvalue weighted by Gasteiger charge is -2.10. The Hall–Kier alpha value is -2.97. The summed E-state index contributed by atoms with van der Waals surface area (Å²) in [6, 6.07) is 21.4. The zero-order valence-corrected chi connectivity index (χ0v) is 17.8. The van der Waals surface area contributed by atoms with E-state index < -0.39 is 0 Å². The number of halogens is 3. The predicted octanol–water partition coefficient (Wildman–Crippen LogP) is 6.73. The van der Waals surface area contributed by atoms with Crippen LogP contribution in [0.25, 0.3) is 11.6 Å². The topological polar surface area (TPSA) is 62.1 Å². The van der Waals surface area contributed by atoms with Crippen LogP contribution in [0.1, 0.15) is 11.1 Å². The third kappa shape index (κ3) is 5.77. The molecule has 0 heterocycles. The average molecular weight is 458 g/mol. The molecular weight excluding hydrogens is 443 g/mol. The Bertz CT molecular complexity index is 1140. The summed E-state index contributed by atoms with van der Waals surface area (Å²) in [5.74, 6) is -0.0133. The fourth-order valence-corrected chi connectivity index (χ4v) is 3.14. The summed E-state index contributed by atoms with van der Waals surface area (Å²) in [7, 11) is 0. The molecule has 1 amide bonds. The third-order valence-electron chi connectivity index (χ3n) is 4.03. The van der Waals surface area contributed by atoms with Crippen LogP contribution in [-0.4, -0.2) is 12.5 Å². The number of nitrogens with zero attached hydrogens (tertiary/aromatic N) is 1. The maximum absolute atomic E-state index is 12.1. The number of anilines is 1. The summed E-state index contributed by atoms with van der Waals surface area (Å²) in [6.45, 7) is -0.234. The molecule has 0 saturated heterocycles. The van der Waals surface area contributed by atoms with Gasteiger partial charge in [-0.05, 0) is 47.5 Å². The SMILES string of the molecule is N#C/C(=C\c1ccc(OCC(=O)Nc2ccc(Cl)c(Cl)c2)c(Cl)c1)c1ccccc1. The number of nitriles is 1. The van der Waals surface area contributed by atoms with Gasteiger partial charge < -0.3 is 10.1 Å². The molecule has 0 unspecified atom stereocenters. The second-order valence-corrected chi connectivity index (χ2v) is 7.41. The van der Waals surface area contributed by atoms with Crippen molar-refractivity contribution < 1.29 is 9.53 Å². The third-order valence-corrected chi connectivity index (χ3v) is 5.07. The van der Waals surface area contributed by atoms with Gasteiger partial charge in [0.1, 0.15) is 5.75 Å². The Balaban J connectivity index is 1.65. The van der Waals surface area contributed by atoms with Crippen molar-refractivity contribution in [3.8, 4) is 11.8 Å². The van der Waals surface area contributed by atoms with E-state index in [1.807, 2.05) is 30.3 Å². The number of nitrogens with one attached hydrogen (secondary N) is 1. The van der Waals surface area contributed by atoms with E-state index in [1.165, 1.54) is 0 Å². The van der Waals surface area contributed by atoms with Crippen molar-refractivity contribution in [2.45, 2.75) is 0 Å². The maximum Gasteiger partial charge on any atom is 0.262 e. The number of ether oxygens (including phenoxy) is 1. The molecular formula is C23H15Cl3N2O2. The lowest BCUT2D eigenvalue weighted by Crippen LogP contribution is -2.20. The number of carbonyl (C=O) groups is 1. The summed E-state index contributed by atoms with van der Waals surface area (Å²) in [4.78, 5) is 12.1. The molecule has 3 aromatic rings. The van der Waals surface area contributed by atoms with Gasteiger partial charge in [0.05, 0.1) is 26.7 Å². The van der Waals surface area contributed by atoms with Crippen LogP contribution in [0.15, 0.2) is 66.7 Å². The molecule has 0 aromatic heterocycles. The molecule has 0 atom stereocenters. The Morgan fingerprint density at radius 1 is 0.967 bits per heavy atom. The van der Waals surface area contributed by atoms with Crippen molar-refractivity contribution in [1.29, 1.82) is 5.26 Å². The number of benzene rings is 3. The summed E-state index contributed by atoms with van der Waals surface area (Å²) in [5, 5.41) is 13.2. The Labute approximate surface area is 189 Å². The van der Waals surface area contributed by atoms with Gasteiger partial charge in [-0.2, -0.15) is 5.26 Å². The molecule has 7 heteroatoms. The van der Waals surface area contributed by atoms with Gasteiger partial charge in [-0.1, -0.05) is 71.2 Å². The lowest BCUT2D eigenvalue weighted by atomic mass is 10.0. The van der Waals surface area contributed by atoms with Crippen molar-refractivity contribution in [3.63, 3.8) is 0 Å². The van der Waals surface area contributed by atoms with E-state index in [9.17, 15) is 10.1 Å². The van der Waals surface area contributed by atoms with E-state index >= 15 is 0 Å². The van der Waals surface area contributed by atoms with Gasteiger partial charge in [0.2, 0.25) is 0 Å². The number of rotatable bonds is 6. The van der Waals surface area contributed by atoms with E-state index in [0.717, 1.165) is 11.1 Å². The van der Waals surface area contributed by atoms with Crippen molar-refractivity contribution in [3.05, 3.63) is 92.9 Å². The van der Waals surface area contributed by atoms with E-state index in [-0.39, 0.29) is 12.5 Å². The first kappa shape index (κ1) is 21.7. The van der Waals surface area contributed by atoms with Gasteiger partial charge in [-0.15, -0.1) is 0 Å². The van der Waals surface area contributed by atoms with Crippen LogP contribution in [0.2, 0.25) is 15.1 Å². The summed E-state index contributed by atoms with van der Waals surface area (Å²) >= 11 is 18.1. The van der Waals surface area contributed by atoms with Gasteiger partial charge in [0.25, 0.3) is 5.91 Å². The fourth-order valence-electron chi connectivity index (χ4n) is 2.60. The van der Waals surface area contributed by atoms with Crippen LogP contribution in [0.3, 0.4) is 0 Å². The highest BCUT2D eigenvalue weighted by Gasteiger charge is 2.09. The van der Waals surface area contributed by atoms with Gasteiger partial charge in [0.15, 0.2) is 6.61 Å². The number of allylic oxidation sites excluding steroid dienone is 1. The molecule has 3 rings (SSSR count). The zero-order valence-electron chi connectivity index (χ0n) is 15.5. The van der Waals surface area contributed by atoms with Gasteiger partial charge >= 0.3 is 0 Å². The molecule has 0 bridgehead atoms. The summed E-state index contributed by atoms with van der Waals surface area (Å²) in [5.41, 5.74) is 2.58. The fraction of sp³-hybridized carbons (Fsp3) is 0.0435. The largest absolute Gasteiger partial charge is 0.482 e. The first-order valence-corrected chi connectivity index (χ1v) is 9.94. The highest BCUT2D eigenvalue weighted by molar-refractivity contribution is 6.42. The summed E-state index contributed by atoms with van der Waals surface area (Å²) in [6.07, 6.45) is 1.74. The van der Waals surface area contributed by atoms with Crippen LogP contribution >= 0.6 is 34.8 Å². The molecule has 4 nitrogen and oxygen atoms in total. The predicted molar refractivity (Wildman–Crippen MR) is 122 cm³/mol. The Kier molecular flexibility index (Phi) is 7.37. The van der Waals surface area contributed by atoms with Crippen molar-refractivity contribution in [2.24, 2.45) is 0 Å². The monoisotopic (exact) mass is 456 g/mol. The van der Waals surface area contributed by atoms with Gasteiger partial charge in [-0.25, -0.2) is 0 Å². The smallest absolute Gasteiger partial charge is 0.262 e. The van der Waals surface area contributed by atoms with Crippen LogP contribution in [-0.2, 0) is 4.79 Å². The normalized spacial score (nSPS) is 10.9. The van der Waals surface area contributed by atoms with E-state index in [2.05, 4.69) is 11.4 Å². The van der Waals surface area contributed by atoms with E-state index in [1.54, 1.807) is 42.5 Å². The molecule has 0 aliphatic carbocycles. The second-order valence-electron chi connectivity index (χ2n) is 6.19. The van der Waals surface area contributed by atoms with Crippen molar-refractivity contribution in [2.75, 3.05) is 11.9 Å². The minimum Gasteiger partial charge on any atom is -0.482 e. The molecule has 0 spiro atoms. The van der Waals surface area contributed by atoms with Crippen LogP contribution in [0, 0.1) is 11.3 Å².